The molecule has 0 aliphatic carbocycles. The third-order valence-electron chi connectivity index (χ3n) is 2.68. The first kappa shape index (κ1) is 10.7. The summed E-state index contributed by atoms with van der Waals surface area (Å²) in [6, 6.07) is 5.50. The van der Waals surface area contributed by atoms with E-state index in [0.717, 1.165) is 18.4 Å². The van der Waals surface area contributed by atoms with Crippen molar-refractivity contribution in [1.29, 1.82) is 0 Å². The van der Waals surface area contributed by atoms with E-state index in [2.05, 4.69) is 0 Å². The molecule has 84 valence electrons. The molecule has 2 rings (SSSR count). The number of hydrogen-bond donors (Lipinski definition) is 1. The minimum absolute atomic E-state index is 0.0131. The fourth-order valence-corrected chi connectivity index (χ4v) is 1.77. The van der Waals surface area contributed by atoms with Crippen LogP contribution in [0, 0.1) is 6.92 Å². The Morgan fingerprint density at radius 2 is 2.25 bits per heavy atom. The molecule has 0 radical (unpaired) electrons. The number of carbonyl (C=O) groups is 1. The second-order valence-electron chi connectivity index (χ2n) is 4.04. The summed E-state index contributed by atoms with van der Waals surface area (Å²) in [5, 5.41) is 0. The van der Waals surface area contributed by atoms with Gasteiger partial charge in [-0.3, -0.25) is 4.79 Å². The van der Waals surface area contributed by atoms with Gasteiger partial charge in [0.05, 0.1) is 12.9 Å². The lowest BCUT2D eigenvalue weighted by Crippen LogP contribution is -2.11. The number of Topliss-reactive ketones (excluding diaryl/α,β-unsaturated/α-hetero) is 1. The molecule has 1 heterocycles. The molecule has 3 heteroatoms. The molecule has 2 N–H and O–H groups in total. The van der Waals surface area contributed by atoms with Crippen LogP contribution in [-0.4, -0.2) is 12.4 Å². The van der Waals surface area contributed by atoms with Crippen LogP contribution in [0.2, 0.25) is 0 Å². The topological polar surface area (TPSA) is 52.3 Å². The monoisotopic (exact) mass is 217 g/mol. The second-order valence-corrected chi connectivity index (χ2v) is 4.04. The Morgan fingerprint density at radius 3 is 2.94 bits per heavy atom. The SMILES string of the molecule is Cc1ccc(N)c(C(=O)C2=COCCC2)c1. The first-order chi connectivity index (χ1) is 7.68. The molecule has 1 aliphatic heterocycles. The molecule has 0 saturated heterocycles. The number of ether oxygens (including phenoxy) is 1. The van der Waals surface area contributed by atoms with Gasteiger partial charge in [0, 0.05) is 16.8 Å². The largest absolute Gasteiger partial charge is 0.501 e. The molecule has 0 saturated carbocycles. The van der Waals surface area contributed by atoms with Gasteiger partial charge in [-0.05, 0) is 31.9 Å². The Balaban J connectivity index is 2.33. The third-order valence-corrected chi connectivity index (χ3v) is 2.68. The summed E-state index contributed by atoms with van der Waals surface area (Å²) in [5.41, 5.74) is 8.67. The van der Waals surface area contributed by atoms with Crippen molar-refractivity contribution in [2.24, 2.45) is 0 Å². The van der Waals surface area contributed by atoms with Crippen LogP contribution in [0.15, 0.2) is 30.0 Å². The van der Waals surface area contributed by atoms with Crippen molar-refractivity contribution in [3.63, 3.8) is 0 Å². The zero-order chi connectivity index (χ0) is 11.5. The highest BCUT2D eigenvalue weighted by atomic mass is 16.5. The molecule has 16 heavy (non-hydrogen) atoms. The van der Waals surface area contributed by atoms with Gasteiger partial charge in [0.25, 0.3) is 0 Å². The van der Waals surface area contributed by atoms with Crippen LogP contribution in [0.3, 0.4) is 0 Å². The van der Waals surface area contributed by atoms with Crippen LogP contribution in [0.1, 0.15) is 28.8 Å². The number of rotatable bonds is 2. The van der Waals surface area contributed by atoms with Gasteiger partial charge in [-0.25, -0.2) is 0 Å². The van der Waals surface area contributed by atoms with Crippen molar-refractivity contribution >= 4 is 11.5 Å². The minimum atomic E-state index is -0.0131. The summed E-state index contributed by atoms with van der Waals surface area (Å²) in [5.74, 6) is -0.0131. The molecular formula is C13H15NO2. The normalized spacial score (nSPS) is 15.2. The summed E-state index contributed by atoms with van der Waals surface area (Å²) in [4.78, 5) is 12.1. The van der Waals surface area contributed by atoms with Crippen molar-refractivity contribution < 1.29 is 9.53 Å². The van der Waals surface area contributed by atoms with E-state index in [1.165, 1.54) is 0 Å². The first-order valence-corrected chi connectivity index (χ1v) is 5.40. The number of nitrogens with two attached hydrogens (primary N) is 1. The molecule has 1 aliphatic rings. The highest BCUT2D eigenvalue weighted by molar-refractivity contribution is 6.11. The quantitative estimate of drug-likeness (QED) is 0.611. The molecule has 3 nitrogen and oxygen atoms in total. The lowest BCUT2D eigenvalue weighted by Gasteiger charge is -2.13. The zero-order valence-electron chi connectivity index (χ0n) is 9.32. The van der Waals surface area contributed by atoms with E-state index in [1.54, 1.807) is 12.3 Å². The van der Waals surface area contributed by atoms with Crippen molar-refractivity contribution in [1.82, 2.24) is 0 Å². The lowest BCUT2D eigenvalue weighted by atomic mass is 9.97. The molecule has 0 atom stereocenters. The molecule has 0 fully saturated rings. The average molecular weight is 217 g/mol. The average Bonchev–Trinajstić information content (AvgIpc) is 2.32. The highest BCUT2D eigenvalue weighted by Crippen LogP contribution is 2.22. The fourth-order valence-electron chi connectivity index (χ4n) is 1.77. The van der Waals surface area contributed by atoms with Gasteiger partial charge in [-0.15, -0.1) is 0 Å². The maximum absolute atomic E-state index is 12.1. The molecule has 0 aromatic heterocycles. The predicted molar refractivity (Wildman–Crippen MR) is 63.2 cm³/mol. The Kier molecular flexibility index (Phi) is 2.95. The van der Waals surface area contributed by atoms with Crippen LogP contribution in [-0.2, 0) is 4.74 Å². The summed E-state index contributed by atoms with van der Waals surface area (Å²) < 4.78 is 5.17. The highest BCUT2D eigenvalue weighted by Gasteiger charge is 2.17. The molecule has 1 aromatic carbocycles. The summed E-state index contributed by atoms with van der Waals surface area (Å²) in [6.45, 7) is 2.64. The van der Waals surface area contributed by atoms with Crippen LogP contribution in [0.4, 0.5) is 5.69 Å². The lowest BCUT2D eigenvalue weighted by molar-refractivity contribution is 0.101. The zero-order valence-corrected chi connectivity index (χ0v) is 9.32. The van der Waals surface area contributed by atoms with Crippen molar-refractivity contribution in [2.45, 2.75) is 19.8 Å². The number of carbonyl (C=O) groups excluding carboxylic acids is 1. The number of anilines is 1. The van der Waals surface area contributed by atoms with Gasteiger partial charge in [0.15, 0.2) is 5.78 Å². The molecule has 1 aromatic rings. The molecule has 0 spiro atoms. The van der Waals surface area contributed by atoms with E-state index in [4.69, 9.17) is 10.5 Å². The Morgan fingerprint density at radius 1 is 1.44 bits per heavy atom. The minimum Gasteiger partial charge on any atom is -0.501 e. The number of nitrogen functional groups attached to an aromatic ring is 1. The van der Waals surface area contributed by atoms with Crippen LogP contribution in [0.5, 0.6) is 0 Å². The van der Waals surface area contributed by atoms with Crippen LogP contribution >= 0.6 is 0 Å². The standard InChI is InChI=1S/C13H15NO2/c1-9-4-5-12(14)11(7-9)13(15)10-3-2-6-16-8-10/h4-5,7-8H,2-3,6,14H2,1H3. The molecule has 0 amide bonds. The fraction of sp³-hybridized carbons (Fsp3) is 0.308. The van der Waals surface area contributed by atoms with Gasteiger partial charge in [-0.1, -0.05) is 11.6 Å². The van der Waals surface area contributed by atoms with Gasteiger partial charge in [0.2, 0.25) is 0 Å². The number of aryl methyl sites for hydroxylation is 1. The molecule has 0 unspecified atom stereocenters. The van der Waals surface area contributed by atoms with Gasteiger partial charge >= 0.3 is 0 Å². The smallest absolute Gasteiger partial charge is 0.194 e. The molecular weight excluding hydrogens is 202 g/mol. The third kappa shape index (κ3) is 2.08. The number of ketones is 1. The first-order valence-electron chi connectivity index (χ1n) is 5.40. The van der Waals surface area contributed by atoms with Gasteiger partial charge in [-0.2, -0.15) is 0 Å². The van der Waals surface area contributed by atoms with Crippen molar-refractivity contribution in [3.8, 4) is 0 Å². The van der Waals surface area contributed by atoms with Gasteiger partial charge < -0.3 is 10.5 Å². The van der Waals surface area contributed by atoms with E-state index in [9.17, 15) is 4.79 Å². The summed E-state index contributed by atoms with van der Waals surface area (Å²) >= 11 is 0. The predicted octanol–water partition coefficient (Wildman–Crippen LogP) is 2.45. The van der Waals surface area contributed by atoms with E-state index in [-0.39, 0.29) is 5.78 Å². The number of hydrogen-bond acceptors (Lipinski definition) is 3. The molecule has 0 bridgehead atoms. The van der Waals surface area contributed by atoms with Crippen LogP contribution < -0.4 is 5.73 Å². The Bertz CT molecular complexity index is 449. The van der Waals surface area contributed by atoms with E-state index >= 15 is 0 Å². The van der Waals surface area contributed by atoms with E-state index in [1.807, 2.05) is 19.1 Å². The second kappa shape index (κ2) is 4.39. The van der Waals surface area contributed by atoms with Gasteiger partial charge in [0.1, 0.15) is 0 Å². The van der Waals surface area contributed by atoms with Crippen LogP contribution in [0.25, 0.3) is 0 Å². The summed E-state index contributed by atoms with van der Waals surface area (Å²) in [7, 11) is 0. The number of benzene rings is 1. The van der Waals surface area contributed by atoms with Crippen molar-refractivity contribution in [2.75, 3.05) is 12.3 Å². The Labute approximate surface area is 94.9 Å². The van der Waals surface area contributed by atoms with Crippen molar-refractivity contribution in [3.05, 3.63) is 41.2 Å². The van der Waals surface area contributed by atoms with E-state index in [0.29, 0.717) is 23.4 Å². The number of allylic oxidation sites excluding steroid dienone is 1. The maximum atomic E-state index is 12.1. The maximum Gasteiger partial charge on any atom is 0.194 e. The summed E-state index contributed by atoms with van der Waals surface area (Å²) in [6.07, 6.45) is 3.23. The Hall–Kier alpha value is -1.77. The van der Waals surface area contributed by atoms with E-state index < -0.39 is 0 Å².